The predicted molar refractivity (Wildman–Crippen MR) is 36.6 cm³/mol. The second kappa shape index (κ2) is 2.87. The highest BCUT2D eigenvalue weighted by Crippen LogP contribution is 2.10. The van der Waals surface area contributed by atoms with Crippen molar-refractivity contribution in [1.82, 2.24) is 5.48 Å². The van der Waals surface area contributed by atoms with Crippen LogP contribution in [0, 0.1) is 5.92 Å². The SMILES string of the molecule is CC(C)CC1=CCON1. The lowest BCUT2D eigenvalue weighted by atomic mass is 10.1. The van der Waals surface area contributed by atoms with Gasteiger partial charge in [0.25, 0.3) is 0 Å². The molecule has 1 aliphatic heterocycles. The molecule has 0 amide bonds. The summed E-state index contributed by atoms with van der Waals surface area (Å²) in [6.07, 6.45) is 3.18. The third-order valence-electron chi connectivity index (χ3n) is 1.24. The van der Waals surface area contributed by atoms with E-state index in [1.54, 1.807) is 0 Å². The minimum absolute atomic E-state index is 0.713. The number of nitrogens with one attached hydrogen (secondary N) is 1. The van der Waals surface area contributed by atoms with E-state index in [0.29, 0.717) is 5.92 Å². The Morgan fingerprint density at radius 2 is 2.56 bits per heavy atom. The lowest BCUT2D eigenvalue weighted by molar-refractivity contribution is 0.106. The summed E-state index contributed by atoms with van der Waals surface area (Å²) >= 11 is 0. The van der Waals surface area contributed by atoms with Gasteiger partial charge in [0.1, 0.15) is 0 Å². The van der Waals surface area contributed by atoms with Gasteiger partial charge in [0.05, 0.1) is 6.61 Å². The molecule has 0 bridgehead atoms. The van der Waals surface area contributed by atoms with Gasteiger partial charge in [0.15, 0.2) is 0 Å². The van der Waals surface area contributed by atoms with E-state index in [-0.39, 0.29) is 0 Å². The van der Waals surface area contributed by atoms with Gasteiger partial charge in [-0.05, 0) is 18.4 Å². The normalized spacial score (nSPS) is 17.9. The molecule has 0 atom stereocenters. The van der Waals surface area contributed by atoms with E-state index in [1.807, 2.05) is 0 Å². The molecule has 9 heavy (non-hydrogen) atoms. The monoisotopic (exact) mass is 127 g/mol. The fourth-order valence-corrected chi connectivity index (χ4v) is 0.883. The van der Waals surface area contributed by atoms with E-state index in [1.165, 1.54) is 5.70 Å². The molecule has 0 unspecified atom stereocenters. The number of rotatable bonds is 2. The van der Waals surface area contributed by atoms with Crippen molar-refractivity contribution < 1.29 is 4.84 Å². The Hall–Kier alpha value is -0.500. The average Bonchev–Trinajstić information content (AvgIpc) is 2.15. The highest BCUT2D eigenvalue weighted by molar-refractivity contribution is 5.01. The van der Waals surface area contributed by atoms with Gasteiger partial charge in [0.2, 0.25) is 0 Å². The summed E-state index contributed by atoms with van der Waals surface area (Å²) in [5, 5.41) is 0. The molecule has 0 saturated carbocycles. The molecule has 0 aromatic heterocycles. The van der Waals surface area contributed by atoms with E-state index < -0.39 is 0 Å². The fraction of sp³-hybridized carbons (Fsp3) is 0.714. The molecule has 0 saturated heterocycles. The highest BCUT2D eigenvalue weighted by Gasteiger charge is 2.04. The third-order valence-corrected chi connectivity index (χ3v) is 1.24. The van der Waals surface area contributed by atoms with Crippen LogP contribution in [0.5, 0.6) is 0 Å². The Kier molecular flexibility index (Phi) is 2.11. The molecule has 0 radical (unpaired) electrons. The summed E-state index contributed by atoms with van der Waals surface area (Å²) in [6.45, 7) is 5.11. The van der Waals surface area contributed by atoms with Crippen molar-refractivity contribution >= 4 is 0 Å². The molecule has 0 aromatic carbocycles. The van der Waals surface area contributed by atoms with Gasteiger partial charge >= 0.3 is 0 Å². The molecule has 1 rings (SSSR count). The maximum absolute atomic E-state index is 4.92. The molecule has 1 N–H and O–H groups in total. The van der Waals surface area contributed by atoms with E-state index in [4.69, 9.17) is 4.84 Å². The first-order valence-electron chi connectivity index (χ1n) is 3.36. The van der Waals surface area contributed by atoms with Gasteiger partial charge in [-0.2, -0.15) is 0 Å². The number of hydrogen-bond donors (Lipinski definition) is 1. The van der Waals surface area contributed by atoms with Crippen molar-refractivity contribution in [1.29, 1.82) is 0 Å². The molecule has 1 heterocycles. The van der Waals surface area contributed by atoms with Gasteiger partial charge in [-0.15, -0.1) is 0 Å². The first-order valence-corrected chi connectivity index (χ1v) is 3.36. The van der Waals surface area contributed by atoms with Crippen LogP contribution in [-0.2, 0) is 4.84 Å². The summed E-state index contributed by atoms with van der Waals surface area (Å²) in [6, 6.07) is 0. The lowest BCUT2D eigenvalue weighted by Gasteiger charge is -2.04. The minimum Gasteiger partial charge on any atom is -0.272 e. The first kappa shape index (κ1) is 6.62. The lowest BCUT2D eigenvalue weighted by Crippen LogP contribution is -2.07. The van der Waals surface area contributed by atoms with Gasteiger partial charge < -0.3 is 0 Å². The fourth-order valence-electron chi connectivity index (χ4n) is 0.883. The van der Waals surface area contributed by atoms with Crippen molar-refractivity contribution in [3.05, 3.63) is 11.8 Å². The molecule has 0 spiro atoms. The molecular weight excluding hydrogens is 114 g/mol. The molecule has 52 valence electrons. The van der Waals surface area contributed by atoms with Crippen LogP contribution in [0.15, 0.2) is 11.8 Å². The van der Waals surface area contributed by atoms with Gasteiger partial charge in [-0.25, -0.2) is 0 Å². The third kappa shape index (κ3) is 2.06. The quantitative estimate of drug-likeness (QED) is 0.606. The van der Waals surface area contributed by atoms with Crippen molar-refractivity contribution in [3.63, 3.8) is 0 Å². The van der Waals surface area contributed by atoms with E-state index in [2.05, 4.69) is 25.4 Å². The molecule has 2 heteroatoms. The molecule has 0 aromatic rings. The zero-order valence-corrected chi connectivity index (χ0v) is 5.98. The van der Waals surface area contributed by atoms with Gasteiger partial charge in [-0.3, -0.25) is 10.3 Å². The van der Waals surface area contributed by atoms with Crippen molar-refractivity contribution in [2.24, 2.45) is 5.92 Å². The summed E-state index contributed by atoms with van der Waals surface area (Å²) in [7, 11) is 0. The van der Waals surface area contributed by atoms with Crippen LogP contribution >= 0.6 is 0 Å². The highest BCUT2D eigenvalue weighted by atomic mass is 16.6. The second-order valence-corrected chi connectivity index (χ2v) is 2.74. The van der Waals surface area contributed by atoms with Gasteiger partial charge in [-0.1, -0.05) is 13.8 Å². The minimum atomic E-state index is 0.713. The van der Waals surface area contributed by atoms with Crippen molar-refractivity contribution in [3.8, 4) is 0 Å². The first-order chi connectivity index (χ1) is 4.29. The summed E-state index contributed by atoms with van der Waals surface area (Å²) in [4.78, 5) is 4.92. The van der Waals surface area contributed by atoms with Crippen LogP contribution in [0.4, 0.5) is 0 Å². The largest absolute Gasteiger partial charge is 0.272 e. The summed E-state index contributed by atoms with van der Waals surface area (Å²) in [5.41, 5.74) is 4.08. The zero-order chi connectivity index (χ0) is 6.69. The molecule has 2 nitrogen and oxygen atoms in total. The Morgan fingerprint density at radius 1 is 1.78 bits per heavy atom. The van der Waals surface area contributed by atoms with Crippen LogP contribution in [0.25, 0.3) is 0 Å². The van der Waals surface area contributed by atoms with Crippen LogP contribution < -0.4 is 5.48 Å². The second-order valence-electron chi connectivity index (χ2n) is 2.74. The maximum Gasteiger partial charge on any atom is 0.0947 e. The standard InChI is InChI=1S/C7H13NO/c1-6(2)5-7-3-4-9-8-7/h3,6,8H,4-5H2,1-2H3. The molecular formula is C7H13NO. The maximum atomic E-state index is 4.92. The Bertz CT molecular complexity index is 118. The Balaban J connectivity index is 2.26. The molecule has 0 aliphatic carbocycles. The smallest absolute Gasteiger partial charge is 0.0947 e. The van der Waals surface area contributed by atoms with Crippen molar-refractivity contribution in [2.75, 3.05) is 6.61 Å². The zero-order valence-electron chi connectivity index (χ0n) is 5.98. The Labute approximate surface area is 55.9 Å². The van der Waals surface area contributed by atoms with Crippen LogP contribution in [0.3, 0.4) is 0 Å². The average molecular weight is 127 g/mol. The van der Waals surface area contributed by atoms with Crippen LogP contribution in [0.1, 0.15) is 20.3 Å². The number of hydrogen-bond acceptors (Lipinski definition) is 2. The summed E-state index contributed by atoms with van der Waals surface area (Å²) in [5.74, 6) is 0.713. The van der Waals surface area contributed by atoms with Crippen molar-refractivity contribution in [2.45, 2.75) is 20.3 Å². The van der Waals surface area contributed by atoms with Crippen LogP contribution in [-0.4, -0.2) is 6.61 Å². The molecule has 0 fully saturated rings. The predicted octanol–water partition coefficient (Wildman–Crippen LogP) is 1.45. The Morgan fingerprint density at radius 3 is 3.00 bits per heavy atom. The molecule has 1 aliphatic rings. The van der Waals surface area contributed by atoms with E-state index in [9.17, 15) is 0 Å². The number of hydroxylamine groups is 1. The number of allylic oxidation sites excluding steroid dienone is 1. The van der Waals surface area contributed by atoms with E-state index >= 15 is 0 Å². The summed E-state index contributed by atoms with van der Waals surface area (Å²) < 4.78 is 0. The van der Waals surface area contributed by atoms with E-state index in [0.717, 1.165) is 13.0 Å². The van der Waals surface area contributed by atoms with Gasteiger partial charge in [0, 0.05) is 5.70 Å². The van der Waals surface area contributed by atoms with Crippen LogP contribution in [0.2, 0.25) is 0 Å². The topological polar surface area (TPSA) is 21.3 Å².